The molecule has 1 saturated heterocycles. The lowest BCUT2D eigenvalue weighted by atomic mass is 9.97. The molecule has 2 aromatic carbocycles. The molecule has 0 aliphatic carbocycles. The quantitative estimate of drug-likeness (QED) is 0.604. The van der Waals surface area contributed by atoms with Crippen molar-refractivity contribution in [2.24, 2.45) is 5.92 Å². The average Bonchev–Trinajstić information content (AvgIpc) is 2.61. The standard InChI is InChI=1S/C21H23NO/c1-17-9-8-14-22(16-17)21(23)20(19-12-6-3-7-13-19)15-18-10-4-2-5-11-18/h2-7,10-13,15,17H,8-9,14,16H2,1H3/b20-15-. The van der Waals surface area contributed by atoms with Gasteiger partial charge in [-0.05, 0) is 36.0 Å². The molecule has 2 aromatic rings. The zero-order chi connectivity index (χ0) is 16.1. The molecule has 0 aromatic heterocycles. The van der Waals surface area contributed by atoms with Crippen molar-refractivity contribution in [2.45, 2.75) is 19.8 Å². The van der Waals surface area contributed by atoms with Crippen LogP contribution in [0.15, 0.2) is 60.7 Å². The van der Waals surface area contributed by atoms with Crippen molar-refractivity contribution < 1.29 is 4.79 Å². The highest BCUT2D eigenvalue weighted by Crippen LogP contribution is 2.24. The molecule has 0 N–H and O–H groups in total. The van der Waals surface area contributed by atoms with Crippen molar-refractivity contribution >= 4 is 17.6 Å². The summed E-state index contributed by atoms with van der Waals surface area (Å²) in [6.07, 6.45) is 4.32. The molecule has 1 aliphatic heterocycles. The smallest absolute Gasteiger partial charge is 0.254 e. The predicted molar refractivity (Wildman–Crippen MR) is 95.7 cm³/mol. The van der Waals surface area contributed by atoms with E-state index in [2.05, 4.69) is 6.92 Å². The first kappa shape index (κ1) is 15.5. The van der Waals surface area contributed by atoms with Crippen molar-refractivity contribution in [2.75, 3.05) is 13.1 Å². The van der Waals surface area contributed by atoms with Crippen LogP contribution < -0.4 is 0 Å². The van der Waals surface area contributed by atoms with Gasteiger partial charge in [0.2, 0.25) is 0 Å². The monoisotopic (exact) mass is 305 g/mol. The molecule has 0 bridgehead atoms. The minimum atomic E-state index is 0.145. The first-order valence-corrected chi connectivity index (χ1v) is 8.35. The fourth-order valence-electron chi connectivity index (χ4n) is 3.15. The summed E-state index contributed by atoms with van der Waals surface area (Å²) in [5, 5.41) is 0. The molecule has 0 spiro atoms. The molecule has 1 amide bonds. The Labute approximate surface area is 138 Å². The fraction of sp³-hybridized carbons (Fsp3) is 0.286. The Balaban J connectivity index is 1.95. The fourth-order valence-corrected chi connectivity index (χ4v) is 3.15. The van der Waals surface area contributed by atoms with E-state index in [1.807, 2.05) is 71.6 Å². The van der Waals surface area contributed by atoms with Crippen molar-refractivity contribution in [3.63, 3.8) is 0 Å². The first-order chi connectivity index (χ1) is 11.2. The Kier molecular flexibility index (Phi) is 4.92. The molecule has 3 rings (SSSR count). The van der Waals surface area contributed by atoms with Crippen LogP contribution in [0, 0.1) is 5.92 Å². The van der Waals surface area contributed by atoms with Gasteiger partial charge in [0.05, 0.1) is 0 Å². The summed E-state index contributed by atoms with van der Waals surface area (Å²) in [7, 11) is 0. The third kappa shape index (κ3) is 3.89. The van der Waals surface area contributed by atoms with Gasteiger partial charge in [-0.3, -0.25) is 4.79 Å². The lowest BCUT2D eigenvalue weighted by molar-refractivity contribution is -0.126. The zero-order valence-corrected chi connectivity index (χ0v) is 13.6. The van der Waals surface area contributed by atoms with E-state index in [9.17, 15) is 4.79 Å². The highest BCUT2D eigenvalue weighted by Gasteiger charge is 2.24. The van der Waals surface area contributed by atoms with E-state index in [0.717, 1.165) is 36.2 Å². The molecule has 1 aliphatic rings. The van der Waals surface area contributed by atoms with Crippen LogP contribution in [0.5, 0.6) is 0 Å². The second-order valence-corrected chi connectivity index (χ2v) is 6.33. The summed E-state index contributed by atoms with van der Waals surface area (Å²) in [5.74, 6) is 0.730. The summed E-state index contributed by atoms with van der Waals surface area (Å²) in [5.41, 5.74) is 2.83. The van der Waals surface area contributed by atoms with E-state index >= 15 is 0 Å². The van der Waals surface area contributed by atoms with E-state index in [1.54, 1.807) is 0 Å². The lowest BCUT2D eigenvalue weighted by Crippen LogP contribution is -2.39. The van der Waals surface area contributed by atoms with Crippen LogP contribution in [-0.4, -0.2) is 23.9 Å². The second kappa shape index (κ2) is 7.28. The zero-order valence-electron chi connectivity index (χ0n) is 13.6. The molecule has 1 heterocycles. The van der Waals surface area contributed by atoms with Gasteiger partial charge in [0.1, 0.15) is 0 Å². The van der Waals surface area contributed by atoms with Crippen LogP contribution in [-0.2, 0) is 4.79 Å². The summed E-state index contributed by atoms with van der Waals surface area (Å²) in [4.78, 5) is 15.1. The molecule has 1 atom stereocenters. The number of benzene rings is 2. The SMILES string of the molecule is CC1CCCN(C(=O)/C(=C\c2ccccc2)c2ccccc2)C1. The number of hydrogen-bond acceptors (Lipinski definition) is 1. The Hall–Kier alpha value is -2.35. The van der Waals surface area contributed by atoms with Crippen molar-refractivity contribution in [3.8, 4) is 0 Å². The van der Waals surface area contributed by atoms with Gasteiger partial charge in [-0.2, -0.15) is 0 Å². The topological polar surface area (TPSA) is 20.3 Å². The van der Waals surface area contributed by atoms with Crippen LogP contribution in [0.25, 0.3) is 11.6 Å². The minimum Gasteiger partial charge on any atom is -0.338 e. The highest BCUT2D eigenvalue weighted by atomic mass is 16.2. The van der Waals surface area contributed by atoms with Gasteiger partial charge in [0, 0.05) is 18.7 Å². The van der Waals surface area contributed by atoms with Crippen LogP contribution in [0.3, 0.4) is 0 Å². The summed E-state index contributed by atoms with van der Waals surface area (Å²) >= 11 is 0. The normalized spacial score (nSPS) is 18.7. The van der Waals surface area contributed by atoms with Gasteiger partial charge < -0.3 is 4.90 Å². The Morgan fingerprint density at radius 2 is 1.70 bits per heavy atom. The number of carbonyl (C=O) groups excluding carboxylic acids is 1. The largest absolute Gasteiger partial charge is 0.338 e. The number of piperidine rings is 1. The second-order valence-electron chi connectivity index (χ2n) is 6.33. The summed E-state index contributed by atoms with van der Waals surface area (Å²) < 4.78 is 0. The molecular formula is C21H23NO. The van der Waals surface area contributed by atoms with Gasteiger partial charge in [0.25, 0.3) is 5.91 Å². The average molecular weight is 305 g/mol. The maximum Gasteiger partial charge on any atom is 0.254 e. The van der Waals surface area contributed by atoms with E-state index in [1.165, 1.54) is 6.42 Å². The number of rotatable bonds is 3. The Morgan fingerprint density at radius 1 is 1.04 bits per heavy atom. The van der Waals surface area contributed by atoms with E-state index in [0.29, 0.717) is 5.92 Å². The number of hydrogen-bond donors (Lipinski definition) is 0. The van der Waals surface area contributed by atoms with Crippen LogP contribution in [0.1, 0.15) is 30.9 Å². The summed E-state index contributed by atoms with van der Waals surface area (Å²) in [6.45, 7) is 3.95. The molecule has 118 valence electrons. The molecule has 1 fully saturated rings. The van der Waals surface area contributed by atoms with Crippen molar-refractivity contribution in [3.05, 3.63) is 71.8 Å². The van der Waals surface area contributed by atoms with Crippen molar-refractivity contribution in [1.82, 2.24) is 4.90 Å². The molecule has 0 saturated carbocycles. The van der Waals surface area contributed by atoms with Gasteiger partial charge in [0.15, 0.2) is 0 Å². The van der Waals surface area contributed by atoms with Crippen LogP contribution >= 0.6 is 0 Å². The molecule has 23 heavy (non-hydrogen) atoms. The number of nitrogens with zero attached hydrogens (tertiary/aromatic N) is 1. The van der Waals surface area contributed by atoms with Gasteiger partial charge in [-0.25, -0.2) is 0 Å². The molecule has 1 unspecified atom stereocenters. The van der Waals surface area contributed by atoms with E-state index < -0.39 is 0 Å². The summed E-state index contributed by atoms with van der Waals surface area (Å²) in [6, 6.07) is 20.1. The minimum absolute atomic E-state index is 0.145. The lowest BCUT2D eigenvalue weighted by Gasteiger charge is -2.31. The van der Waals surface area contributed by atoms with Gasteiger partial charge in [-0.15, -0.1) is 0 Å². The Morgan fingerprint density at radius 3 is 2.35 bits per heavy atom. The molecule has 2 heteroatoms. The maximum atomic E-state index is 13.1. The van der Waals surface area contributed by atoms with Crippen LogP contribution in [0.4, 0.5) is 0 Å². The third-order valence-corrected chi connectivity index (χ3v) is 4.37. The van der Waals surface area contributed by atoms with Gasteiger partial charge in [-0.1, -0.05) is 67.6 Å². The predicted octanol–water partition coefficient (Wildman–Crippen LogP) is 4.49. The molecule has 0 radical (unpaired) electrons. The first-order valence-electron chi connectivity index (χ1n) is 8.35. The number of amides is 1. The maximum absolute atomic E-state index is 13.1. The van der Waals surface area contributed by atoms with Crippen molar-refractivity contribution in [1.29, 1.82) is 0 Å². The number of likely N-dealkylation sites (tertiary alicyclic amines) is 1. The van der Waals surface area contributed by atoms with E-state index in [-0.39, 0.29) is 5.91 Å². The number of carbonyl (C=O) groups is 1. The van der Waals surface area contributed by atoms with E-state index in [4.69, 9.17) is 0 Å². The third-order valence-electron chi connectivity index (χ3n) is 4.37. The van der Waals surface area contributed by atoms with Gasteiger partial charge >= 0.3 is 0 Å². The highest BCUT2D eigenvalue weighted by molar-refractivity contribution is 6.24. The molecular weight excluding hydrogens is 282 g/mol. The molecule has 2 nitrogen and oxygen atoms in total. The Bertz CT molecular complexity index is 676. The van der Waals surface area contributed by atoms with Crippen LogP contribution in [0.2, 0.25) is 0 Å².